The first-order valence-corrected chi connectivity index (χ1v) is 7.81. The molecule has 1 fully saturated rings. The van der Waals surface area contributed by atoms with Gasteiger partial charge in [0.15, 0.2) is 0 Å². The molecule has 1 aromatic carbocycles. The number of pyridine rings is 1. The van der Waals surface area contributed by atoms with E-state index in [-0.39, 0.29) is 5.97 Å². The summed E-state index contributed by atoms with van der Waals surface area (Å²) in [6.45, 7) is 2.26. The quantitative estimate of drug-likeness (QED) is 0.796. The largest absolute Gasteiger partial charge is 0.466 e. The maximum absolute atomic E-state index is 11.8. The number of aromatic nitrogens is 1. The van der Waals surface area contributed by atoms with Gasteiger partial charge in [-0.3, -0.25) is 9.78 Å². The van der Waals surface area contributed by atoms with Crippen molar-refractivity contribution in [3.05, 3.63) is 41.6 Å². The highest BCUT2D eigenvalue weighted by Crippen LogP contribution is 2.37. The van der Waals surface area contributed by atoms with Crippen molar-refractivity contribution >= 4 is 16.9 Å². The Balaban J connectivity index is 1.99. The normalized spacial score (nSPS) is 15.5. The minimum absolute atomic E-state index is 0.170. The second kappa shape index (κ2) is 6.25. The monoisotopic (exact) mass is 283 g/mol. The van der Waals surface area contributed by atoms with Crippen molar-refractivity contribution in [3.8, 4) is 0 Å². The van der Waals surface area contributed by atoms with Crippen LogP contribution in [-0.2, 0) is 16.0 Å². The lowest BCUT2D eigenvalue weighted by Crippen LogP contribution is -2.08. The van der Waals surface area contributed by atoms with Gasteiger partial charge in [0.1, 0.15) is 0 Å². The number of rotatable bonds is 4. The molecule has 0 radical (unpaired) electrons. The number of carbonyl (C=O) groups excluding carboxylic acids is 1. The van der Waals surface area contributed by atoms with Crippen LogP contribution in [0.4, 0.5) is 0 Å². The van der Waals surface area contributed by atoms with Crippen LogP contribution in [-0.4, -0.2) is 17.6 Å². The van der Waals surface area contributed by atoms with Crippen LogP contribution in [0.3, 0.4) is 0 Å². The molecule has 0 bridgehead atoms. The molecular formula is C18H21NO2. The van der Waals surface area contributed by atoms with Gasteiger partial charge in [0.05, 0.1) is 18.5 Å². The highest BCUT2D eigenvalue weighted by atomic mass is 16.5. The number of ether oxygens (including phenoxy) is 1. The molecule has 0 amide bonds. The molecule has 1 heterocycles. The van der Waals surface area contributed by atoms with Crippen molar-refractivity contribution in [1.82, 2.24) is 4.98 Å². The first kappa shape index (κ1) is 14.1. The second-order valence-corrected chi connectivity index (χ2v) is 5.68. The minimum atomic E-state index is -0.170. The van der Waals surface area contributed by atoms with Crippen molar-refractivity contribution in [3.63, 3.8) is 0 Å². The Labute approximate surface area is 125 Å². The molecule has 2 aromatic rings. The first-order valence-electron chi connectivity index (χ1n) is 7.81. The molecule has 3 heteroatoms. The van der Waals surface area contributed by atoms with Gasteiger partial charge in [-0.15, -0.1) is 0 Å². The Hall–Kier alpha value is -1.90. The summed E-state index contributed by atoms with van der Waals surface area (Å²) in [4.78, 5) is 16.3. The Morgan fingerprint density at radius 1 is 1.29 bits per heavy atom. The summed E-state index contributed by atoms with van der Waals surface area (Å²) >= 11 is 0. The number of hydrogen-bond acceptors (Lipinski definition) is 3. The zero-order chi connectivity index (χ0) is 14.7. The third-order valence-corrected chi connectivity index (χ3v) is 4.33. The molecular weight excluding hydrogens is 262 g/mol. The average Bonchev–Trinajstić information content (AvgIpc) is 3.01. The Kier molecular flexibility index (Phi) is 4.18. The predicted octanol–water partition coefficient (Wildman–Crippen LogP) is 4.00. The summed E-state index contributed by atoms with van der Waals surface area (Å²) in [5.41, 5.74) is 3.42. The van der Waals surface area contributed by atoms with Crippen molar-refractivity contribution in [2.75, 3.05) is 6.61 Å². The van der Waals surface area contributed by atoms with E-state index in [1.54, 1.807) is 0 Å². The molecule has 3 rings (SSSR count). The van der Waals surface area contributed by atoms with E-state index in [9.17, 15) is 4.79 Å². The van der Waals surface area contributed by atoms with Crippen molar-refractivity contribution in [2.24, 2.45) is 0 Å². The van der Waals surface area contributed by atoms with Crippen LogP contribution in [0.5, 0.6) is 0 Å². The van der Waals surface area contributed by atoms with Crippen LogP contribution in [0.2, 0.25) is 0 Å². The molecule has 0 N–H and O–H groups in total. The van der Waals surface area contributed by atoms with Crippen molar-refractivity contribution in [2.45, 2.75) is 44.9 Å². The molecule has 110 valence electrons. The van der Waals surface area contributed by atoms with E-state index in [0.717, 1.165) is 16.5 Å². The Morgan fingerprint density at radius 2 is 2.10 bits per heavy atom. The third-order valence-electron chi connectivity index (χ3n) is 4.33. The predicted molar refractivity (Wildman–Crippen MR) is 83.3 cm³/mol. The second-order valence-electron chi connectivity index (χ2n) is 5.68. The van der Waals surface area contributed by atoms with E-state index in [1.807, 2.05) is 19.2 Å². The van der Waals surface area contributed by atoms with Gasteiger partial charge in [0.25, 0.3) is 0 Å². The molecule has 1 aromatic heterocycles. The number of hydrogen-bond donors (Lipinski definition) is 0. The highest BCUT2D eigenvalue weighted by molar-refractivity contribution is 5.88. The molecule has 0 spiro atoms. The average molecular weight is 283 g/mol. The van der Waals surface area contributed by atoms with Gasteiger partial charge in [-0.25, -0.2) is 0 Å². The third kappa shape index (κ3) is 2.92. The topological polar surface area (TPSA) is 39.2 Å². The number of nitrogens with zero attached hydrogens (tertiary/aromatic N) is 1. The van der Waals surface area contributed by atoms with Gasteiger partial charge >= 0.3 is 5.97 Å². The Bertz CT molecular complexity index is 645. The number of benzene rings is 1. The molecule has 1 saturated carbocycles. The van der Waals surface area contributed by atoms with Crippen LogP contribution < -0.4 is 0 Å². The standard InChI is InChI=1S/C18H21NO2/c1-2-21-17(20)12-14-10-11-19-18-15(8-5-9-16(14)18)13-6-3-4-7-13/h5,8-11,13H,2-4,6-7,12H2,1H3. The van der Waals surface area contributed by atoms with E-state index in [4.69, 9.17) is 4.74 Å². The van der Waals surface area contributed by atoms with Crippen LogP contribution in [0.25, 0.3) is 10.9 Å². The lowest BCUT2D eigenvalue weighted by Gasteiger charge is -2.14. The fourth-order valence-corrected chi connectivity index (χ4v) is 3.34. The van der Waals surface area contributed by atoms with Gasteiger partial charge in [-0.1, -0.05) is 31.0 Å². The summed E-state index contributed by atoms with van der Waals surface area (Å²) in [6.07, 6.45) is 7.26. The molecule has 0 unspecified atom stereocenters. The number of esters is 1. The van der Waals surface area contributed by atoms with Crippen LogP contribution in [0, 0.1) is 0 Å². The maximum atomic E-state index is 11.8. The number of fused-ring (bicyclic) bond motifs is 1. The summed E-state index contributed by atoms with van der Waals surface area (Å²) in [5, 5.41) is 1.09. The Morgan fingerprint density at radius 3 is 2.86 bits per heavy atom. The number of carbonyl (C=O) groups is 1. The fraction of sp³-hybridized carbons (Fsp3) is 0.444. The van der Waals surface area contributed by atoms with Gasteiger partial charge < -0.3 is 4.74 Å². The smallest absolute Gasteiger partial charge is 0.310 e. The lowest BCUT2D eigenvalue weighted by atomic mass is 9.93. The maximum Gasteiger partial charge on any atom is 0.310 e. The molecule has 0 aliphatic heterocycles. The SMILES string of the molecule is CCOC(=O)Cc1ccnc2c(C3CCCC3)cccc12. The van der Waals surface area contributed by atoms with E-state index < -0.39 is 0 Å². The van der Waals surface area contributed by atoms with E-state index in [2.05, 4.69) is 23.2 Å². The van der Waals surface area contributed by atoms with E-state index in [0.29, 0.717) is 18.9 Å². The molecule has 1 aliphatic rings. The minimum Gasteiger partial charge on any atom is -0.466 e. The van der Waals surface area contributed by atoms with E-state index >= 15 is 0 Å². The molecule has 0 atom stereocenters. The van der Waals surface area contributed by atoms with Gasteiger partial charge in [0, 0.05) is 11.6 Å². The summed E-state index contributed by atoms with van der Waals surface area (Å²) in [7, 11) is 0. The van der Waals surface area contributed by atoms with Gasteiger partial charge in [-0.05, 0) is 42.9 Å². The van der Waals surface area contributed by atoms with E-state index in [1.165, 1.54) is 31.2 Å². The van der Waals surface area contributed by atoms with Gasteiger partial charge in [0.2, 0.25) is 0 Å². The van der Waals surface area contributed by atoms with Crippen LogP contribution in [0.1, 0.15) is 49.7 Å². The summed E-state index contributed by atoms with van der Waals surface area (Å²) < 4.78 is 5.07. The highest BCUT2D eigenvalue weighted by Gasteiger charge is 2.20. The molecule has 1 aliphatic carbocycles. The summed E-state index contributed by atoms with van der Waals surface area (Å²) in [6, 6.07) is 8.28. The zero-order valence-corrected chi connectivity index (χ0v) is 12.5. The molecule has 3 nitrogen and oxygen atoms in total. The van der Waals surface area contributed by atoms with Crippen LogP contribution in [0.15, 0.2) is 30.5 Å². The molecule has 21 heavy (non-hydrogen) atoms. The van der Waals surface area contributed by atoms with Crippen molar-refractivity contribution < 1.29 is 9.53 Å². The molecule has 0 saturated heterocycles. The lowest BCUT2D eigenvalue weighted by molar-refractivity contribution is -0.142. The first-order chi connectivity index (χ1) is 10.3. The van der Waals surface area contributed by atoms with Gasteiger partial charge in [-0.2, -0.15) is 0 Å². The zero-order valence-electron chi connectivity index (χ0n) is 12.5. The van der Waals surface area contributed by atoms with Crippen LogP contribution >= 0.6 is 0 Å². The fourth-order valence-electron chi connectivity index (χ4n) is 3.34. The number of para-hydroxylation sites is 1. The van der Waals surface area contributed by atoms with Crippen molar-refractivity contribution in [1.29, 1.82) is 0 Å². The summed E-state index contributed by atoms with van der Waals surface area (Å²) in [5.74, 6) is 0.454.